The molecule has 0 amide bonds. The van der Waals surface area contributed by atoms with Crippen LogP contribution in [0.25, 0.3) is 0 Å². The minimum Gasteiger partial charge on any atom is -0.361 e. The summed E-state index contributed by atoms with van der Waals surface area (Å²) in [6.07, 6.45) is 1.97. The first-order valence-corrected chi connectivity index (χ1v) is 9.44. The Hall–Kier alpha value is -1.09. The molecule has 0 spiro atoms. The first kappa shape index (κ1) is 22.0. The summed E-state index contributed by atoms with van der Waals surface area (Å²) in [5, 5.41) is 12.8. The molecule has 0 aliphatic rings. The van der Waals surface area contributed by atoms with E-state index >= 15 is 0 Å². The number of aromatic nitrogens is 1. The van der Waals surface area contributed by atoms with Gasteiger partial charge in [-0.2, -0.15) is 0 Å². The van der Waals surface area contributed by atoms with E-state index in [0.717, 1.165) is 49.9 Å². The first-order chi connectivity index (χ1) is 11.6. The second kappa shape index (κ2) is 11.5. The van der Waals surface area contributed by atoms with Gasteiger partial charge in [0.15, 0.2) is 5.96 Å². The van der Waals surface area contributed by atoms with Gasteiger partial charge in [-0.05, 0) is 51.0 Å². The Kier molecular flexibility index (Phi) is 10.1. The molecule has 0 aliphatic carbocycles. The number of rotatable bonds is 8. The standard InChI is InChI=1S/C18H28N4OS.HI/c1-5-19-18(20-9-8-17-14(3)22-23-15(17)4)21-12-13(2)11-16-7-6-10-24-16;/h6-7,10,13H,5,8-9,11-12H2,1-4H3,(H2,19,20,21);1H. The molecule has 140 valence electrons. The van der Waals surface area contributed by atoms with E-state index in [1.54, 1.807) is 0 Å². The van der Waals surface area contributed by atoms with Crippen LogP contribution in [0.4, 0.5) is 0 Å². The number of halogens is 1. The van der Waals surface area contributed by atoms with Gasteiger partial charge < -0.3 is 15.2 Å². The third-order valence-electron chi connectivity index (χ3n) is 3.88. The lowest BCUT2D eigenvalue weighted by Gasteiger charge is -2.13. The van der Waals surface area contributed by atoms with Gasteiger partial charge in [0.25, 0.3) is 0 Å². The fraction of sp³-hybridized carbons (Fsp3) is 0.556. The molecule has 0 saturated heterocycles. The number of guanidine groups is 1. The highest BCUT2D eigenvalue weighted by atomic mass is 127. The van der Waals surface area contributed by atoms with Crippen molar-refractivity contribution in [3.05, 3.63) is 39.4 Å². The number of aryl methyl sites for hydroxylation is 2. The monoisotopic (exact) mass is 476 g/mol. The Bertz CT molecular complexity index is 620. The van der Waals surface area contributed by atoms with Gasteiger partial charge in [0.1, 0.15) is 5.76 Å². The van der Waals surface area contributed by atoms with Crippen molar-refractivity contribution < 1.29 is 4.52 Å². The molecule has 1 atom stereocenters. The Labute approximate surface area is 171 Å². The molecule has 0 bridgehead atoms. The molecule has 0 saturated carbocycles. The van der Waals surface area contributed by atoms with Crippen LogP contribution in [-0.4, -0.2) is 30.8 Å². The van der Waals surface area contributed by atoms with Crippen LogP contribution in [0.1, 0.15) is 35.7 Å². The van der Waals surface area contributed by atoms with E-state index in [1.807, 2.05) is 25.2 Å². The predicted octanol–water partition coefficient (Wildman–Crippen LogP) is 3.95. The predicted molar refractivity (Wildman–Crippen MR) is 116 cm³/mol. The fourth-order valence-corrected chi connectivity index (χ4v) is 3.46. The minimum atomic E-state index is 0. The summed E-state index contributed by atoms with van der Waals surface area (Å²) < 4.78 is 5.21. The van der Waals surface area contributed by atoms with Crippen LogP contribution in [0.2, 0.25) is 0 Å². The van der Waals surface area contributed by atoms with Crippen molar-refractivity contribution in [3.8, 4) is 0 Å². The number of hydrogen-bond acceptors (Lipinski definition) is 4. The molecule has 7 heteroatoms. The molecule has 2 rings (SSSR count). The van der Waals surface area contributed by atoms with Crippen molar-refractivity contribution in [1.82, 2.24) is 15.8 Å². The van der Waals surface area contributed by atoms with Crippen LogP contribution < -0.4 is 10.6 Å². The van der Waals surface area contributed by atoms with Crippen molar-refractivity contribution in [3.63, 3.8) is 0 Å². The Morgan fingerprint density at radius 2 is 2.16 bits per heavy atom. The van der Waals surface area contributed by atoms with E-state index in [1.165, 1.54) is 10.4 Å². The highest BCUT2D eigenvalue weighted by molar-refractivity contribution is 14.0. The molecule has 2 aromatic rings. The molecular formula is C18H29IN4OS. The van der Waals surface area contributed by atoms with Crippen LogP contribution in [0.5, 0.6) is 0 Å². The van der Waals surface area contributed by atoms with Crippen LogP contribution in [0.15, 0.2) is 27.0 Å². The van der Waals surface area contributed by atoms with Crippen LogP contribution in [0.3, 0.4) is 0 Å². The number of thiophene rings is 1. The molecule has 0 radical (unpaired) electrons. The SMILES string of the molecule is CCNC(=NCC(C)Cc1cccs1)NCCc1c(C)noc1C.I. The number of aliphatic imine (C=N–C) groups is 1. The van der Waals surface area contributed by atoms with Crippen molar-refractivity contribution in [2.75, 3.05) is 19.6 Å². The third kappa shape index (κ3) is 7.35. The first-order valence-electron chi connectivity index (χ1n) is 8.56. The highest BCUT2D eigenvalue weighted by Crippen LogP contribution is 2.14. The maximum atomic E-state index is 5.21. The minimum absolute atomic E-state index is 0. The maximum absolute atomic E-state index is 5.21. The molecular weight excluding hydrogens is 447 g/mol. The molecule has 0 aliphatic heterocycles. The molecule has 5 nitrogen and oxygen atoms in total. The second-order valence-corrected chi connectivity index (χ2v) is 7.12. The molecule has 0 aromatic carbocycles. The Balaban J connectivity index is 0.00000312. The van der Waals surface area contributed by atoms with Gasteiger partial charge in [0.2, 0.25) is 0 Å². The largest absolute Gasteiger partial charge is 0.361 e. The summed E-state index contributed by atoms with van der Waals surface area (Å²) in [6.45, 7) is 10.8. The lowest BCUT2D eigenvalue weighted by molar-refractivity contribution is 0.392. The van der Waals surface area contributed by atoms with Gasteiger partial charge in [-0.15, -0.1) is 35.3 Å². The summed E-state index contributed by atoms with van der Waals surface area (Å²) in [5.74, 6) is 2.31. The summed E-state index contributed by atoms with van der Waals surface area (Å²) in [5.41, 5.74) is 2.16. The molecule has 0 fully saturated rings. The topological polar surface area (TPSA) is 62.5 Å². The summed E-state index contributed by atoms with van der Waals surface area (Å²) in [6, 6.07) is 4.30. The average molecular weight is 476 g/mol. The van der Waals surface area contributed by atoms with E-state index in [-0.39, 0.29) is 24.0 Å². The van der Waals surface area contributed by atoms with E-state index < -0.39 is 0 Å². The quantitative estimate of drug-likeness (QED) is 0.344. The summed E-state index contributed by atoms with van der Waals surface area (Å²) >= 11 is 1.82. The summed E-state index contributed by atoms with van der Waals surface area (Å²) in [7, 11) is 0. The maximum Gasteiger partial charge on any atom is 0.191 e. The van der Waals surface area contributed by atoms with Crippen molar-refractivity contribution in [2.24, 2.45) is 10.9 Å². The van der Waals surface area contributed by atoms with Gasteiger partial charge >= 0.3 is 0 Å². The van der Waals surface area contributed by atoms with Crippen molar-refractivity contribution in [1.29, 1.82) is 0 Å². The average Bonchev–Trinajstić information content (AvgIpc) is 3.17. The Morgan fingerprint density at radius 3 is 2.76 bits per heavy atom. The smallest absolute Gasteiger partial charge is 0.191 e. The number of nitrogens with one attached hydrogen (secondary N) is 2. The van der Waals surface area contributed by atoms with Crippen LogP contribution in [-0.2, 0) is 12.8 Å². The van der Waals surface area contributed by atoms with Gasteiger partial charge in [-0.1, -0.05) is 18.1 Å². The van der Waals surface area contributed by atoms with E-state index in [9.17, 15) is 0 Å². The van der Waals surface area contributed by atoms with E-state index in [0.29, 0.717) is 5.92 Å². The lowest BCUT2D eigenvalue weighted by atomic mass is 10.1. The zero-order valence-electron chi connectivity index (χ0n) is 15.5. The zero-order chi connectivity index (χ0) is 17.4. The summed E-state index contributed by atoms with van der Waals surface area (Å²) in [4.78, 5) is 6.14. The molecule has 25 heavy (non-hydrogen) atoms. The highest BCUT2D eigenvalue weighted by Gasteiger charge is 2.09. The molecule has 1 unspecified atom stereocenters. The van der Waals surface area contributed by atoms with Crippen LogP contribution >= 0.6 is 35.3 Å². The fourth-order valence-electron chi connectivity index (χ4n) is 2.59. The van der Waals surface area contributed by atoms with E-state index in [4.69, 9.17) is 9.52 Å². The normalized spacial score (nSPS) is 12.6. The van der Waals surface area contributed by atoms with E-state index in [2.05, 4.69) is 47.2 Å². The second-order valence-electron chi connectivity index (χ2n) is 6.09. The molecule has 2 heterocycles. The van der Waals surface area contributed by atoms with Gasteiger partial charge in [0.05, 0.1) is 5.69 Å². The lowest BCUT2D eigenvalue weighted by Crippen LogP contribution is -2.38. The number of nitrogens with zero attached hydrogens (tertiary/aromatic N) is 2. The molecule has 2 N–H and O–H groups in total. The van der Waals surface area contributed by atoms with Crippen molar-refractivity contribution in [2.45, 2.75) is 40.5 Å². The Morgan fingerprint density at radius 1 is 1.36 bits per heavy atom. The third-order valence-corrected chi connectivity index (χ3v) is 4.78. The molecule has 2 aromatic heterocycles. The van der Waals surface area contributed by atoms with Gasteiger partial charge in [-0.3, -0.25) is 4.99 Å². The number of hydrogen-bond donors (Lipinski definition) is 2. The van der Waals surface area contributed by atoms with Gasteiger partial charge in [0, 0.05) is 30.1 Å². The van der Waals surface area contributed by atoms with Crippen LogP contribution in [0, 0.1) is 19.8 Å². The zero-order valence-corrected chi connectivity index (χ0v) is 18.6. The van der Waals surface area contributed by atoms with Crippen molar-refractivity contribution >= 4 is 41.3 Å². The van der Waals surface area contributed by atoms with Gasteiger partial charge in [-0.25, -0.2) is 0 Å².